The van der Waals surface area contributed by atoms with Crippen molar-refractivity contribution in [1.29, 1.82) is 0 Å². The first-order chi connectivity index (χ1) is 14.7. The lowest BCUT2D eigenvalue weighted by Gasteiger charge is -2.10. The van der Waals surface area contributed by atoms with E-state index in [1.807, 2.05) is 0 Å². The molecule has 0 aliphatic rings. The molecule has 0 aromatic heterocycles. The van der Waals surface area contributed by atoms with Gasteiger partial charge in [-0.2, -0.15) is 0 Å². The molecule has 3 aromatic rings. The molecule has 160 valence electrons. The van der Waals surface area contributed by atoms with Crippen LogP contribution < -0.4 is 14.8 Å². The Balaban J connectivity index is 1.74. The van der Waals surface area contributed by atoms with Gasteiger partial charge in [0, 0.05) is 28.9 Å². The lowest BCUT2D eigenvalue weighted by molar-refractivity contribution is -0.385. The van der Waals surface area contributed by atoms with Crippen LogP contribution in [0.3, 0.4) is 0 Å². The van der Waals surface area contributed by atoms with Crippen LogP contribution in [0.2, 0.25) is 0 Å². The van der Waals surface area contributed by atoms with Crippen LogP contribution in [0.4, 0.5) is 17.1 Å². The maximum atomic E-state index is 12.6. The minimum Gasteiger partial charge on any atom is -0.497 e. The van der Waals surface area contributed by atoms with Crippen LogP contribution in [0.5, 0.6) is 5.75 Å². The van der Waals surface area contributed by atoms with Crippen LogP contribution in [-0.2, 0) is 10.0 Å². The summed E-state index contributed by atoms with van der Waals surface area (Å²) in [5.74, 6) is -0.0391. The highest BCUT2D eigenvalue weighted by Gasteiger charge is 2.17. The predicted octanol–water partition coefficient (Wildman–Crippen LogP) is 3.96. The van der Waals surface area contributed by atoms with Crippen molar-refractivity contribution in [3.8, 4) is 5.75 Å². The zero-order valence-electron chi connectivity index (χ0n) is 16.7. The second-order valence-corrected chi connectivity index (χ2v) is 8.26. The molecule has 0 fully saturated rings. The molecule has 3 aromatic carbocycles. The minimum absolute atomic E-state index is 0.000655. The van der Waals surface area contributed by atoms with Crippen LogP contribution in [0.15, 0.2) is 71.6 Å². The number of nitrogens with zero attached hydrogens (tertiary/aromatic N) is 1. The number of sulfonamides is 1. The summed E-state index contributed by atoms with van der Waals surface area (Å²) in [5, 5.41) is 13.7. The summed E-state index contributed by atoms with van der Waals surface area (Å²) in [7, 11) is -2.37. The summed E-state index contributed by atoms with van der Waals surface area (Å²) >= 11 is 0. The van der Waals surface area contributed by atoms with E-state index >= 15 is 0 Å². The smallest absolute Gasteiger partial charge is 0.273 e. The van der Waals surface area contributed by atoms with Gasteiger partial charge in [-0.3, -0.25) is 19.6 Å². The molecule has 0 unspecified atom stereocenters. The molecule has 0 radical (unpaired) electrons. The number of nitro benzene ring substituents is 1. The Labute approximate surface area is 178 Å². The second-order valence-electron chi connectivity index (χ2n) is 6.57. The summed E-state index contributed by atoms with van der Waals surface area (Å²) in [6.45, 7) is 1.58. The van der Waals surface area contributed by atoms with Crippen molar-refractivity contribution >= 4 is 33.0 Å². The molecule has 0 atom stereocenters. The topological polar surface area (TPSA) is 128 Å². The molecule has 9 nitrogen and oxygen atoms in total. The van der Waals surface area contributed by atoms with Crippen LogP contribution >= 0.6 is 0 Å². The van der Waals surface area contributed by atoms with E-state index in [9.17, 15) is 23.3 Å². The van der Waals surface area contributed by atoms with E-state index in [1.165, 1.54) is 49.6 Å². The fourth-order valence-corrected chi connectivity index (χ4v) is 3.82. The highest BCUT2D eigenvalue weighted by molar-refractivity contribution is 7.92. The highest BCUT2D eigenvalue weighted by atomic mass is 32.2. The number of nitro groups is 1. The Hall–Kier alpha value is -3.92. The van der Waals surface area contributed by atoms with Crippen molar-refractivity contribution in [2.75, 3.05) is 17.1 Å². The Bertz CT molecular complexity index is 1240. The number of hydrogen-bond acceptors (Lipinski definition) is 6. The molecule has 0 aliphatic heterocycles. The molecule has 0 saturated carbocycles. The molecular formula is C21H19N3O6S. The van der Waals surface area contributed by atoms with Crippen molar-refractivity contribution in [3.05, 3.63) is 88.0 Å². The molecule has 0 spiro atoms. The average Bonchev–Trinajstić information content (AvgIpc) is 2.74. The molecule has 0 heterocycles. The van der Waals surface area contributed by atoms with Crippen LogP contribution in [0.1, 0.15) is 15.9 Å². The lowest BCUT2D eigenvalue weighted by Crippen LogP contribution is -2.14. The van der Waals surface area contributed by atoms with Gasteiger partial charge in [0.15, 0.2) is 0 Å². The van der Waals surface area contributed by atoms with Crippen LogP contribution in [-0.4, -0.2) is 26.4 Å². The number of rotatable bonds is 7. The first kappa shape index (κ1) is 21.8. The van der Waals surface area contributed by atoms with E-state index in [0.717, 1.165) is 0 Å². The van der Waals surface area contributed by atoms with Crippen molar-refractivity contribution in [2.45, 2.75) is 11.8 Å². The van der Waals surface area contributed by atoms with E-state index in [4.69, 9.17) is 4.74 Å². The molecular weight excluding hydrogens is 422 g/mol. The maximum absolute atomic E-state index is 12.6. The summed E-state index contributed by atoms with van der Waals surface area (Å²) in [6, 6.07) is 16.2. The third-order valence-corrected chi connectivity index (χ3v) is 5.81. The Morgan fingerprint density at radius 3 is 2.35 bits per heavy atom. The van der Waals surface area contributed by atoms with Gasteiger partial charge >= 0.3 is 0 Å². The summed E-state index contributed by atoms with van der Waals surface area (Å²) < 4.78 is 32.7. The van der Waals surface area contributed by atoms with Gasteiger partial charge in [-0.25, -0.2) is 8.42 Å². The highest BCUT2D eigenvalue weighted by Crippen LogP contribution is 2.23. The lowest BCUT2D eigenvalue weighted by atomic mass is 10.1. The van der Waals surface area contributed by atoms with Gasteiger partial charge in [-0.1, -0.05) is 12.1 Å². The summed E-state index contributed by atoms with van der Waals surface area (Å²) in [5.41, 5.74) is 1.09. The Morgan fingerprint density at radius 2 is 1.71 bits per heavy atom. The monoisotopic (exact) mass is 441 g/mol. The number of carbonyl (C=O) groups is 1. The zero-order chi connectivity index (χ0) is 22.6. The Morgan fingerprint density at radius 1 is 1.00 bits per heavy atom. The number of methoxy groups -OCH3 is 1. The number of benzene rings is 3. The summed E-state index contributed by atoms with van der Waals surface area (Å²) in [4.78, 5) is 22.9. The quantitative estimate of drug-likeness (QED) is 0.422. The van der Waals surface area contributed by atoms with Crippen molar-refractivity contribution in [1.82, 2.24) is 0 Å². The van der Waals surface area contributed by atoms with Crippen molar-refractivity contribution in [2.24, 2.45) is 0 Å². The fraction of sp³-hybridized carbons (Fsp3) is 0.0952. The molecule has 31 heavy (non-hydrogen) atoms. The molecule has 2 N–H and O–H groups in total. The number of nitrogens with one attached hydrogen (secondary N) is 2. The van der Waals surface area contributed by atoms with E-state index in [0.29, 0.717) is 22.7 Å². The average molecular weight is 441 g/mol. The first-order valence-corrected chi connectivity index (χ1v) is 10.5. The first-order valence-electron chi connectivity index (χ1n) is 9.03. The van der Waals surface area contributed by atoms with Gasteiger partial charge in [0.1, 0.15) is 5.75 Å². The Kier molecular flexibility index (Phi) is 6.21. The maximum Gasteiger partial charge on any atom is 0.273 e. The van der Waals surface area contributed by atoms with E-state index < -0.39 is 20.9 Å². The van der Waals surface area contributed by atoms with Gasteiger partial charge in [0.25, 0.3) is 21.6 Å². The van der Waals surface area contributed by atoms with Gasteiger partial charge in [0.05, 0.1) is 22.6 Å². The van der Waals surface area contributed by atoms with Crippen LogP contribution in [0.25, 0.3) is 0 Å². The van der Waals surface area contributed by atoms with E-state index in [1.54, 1.807) is 31.2 Å². The number of anilines is 2. The minimum atomic E-state index is -3.85. The number of carbonyl (C=O) groups excluding carboxylic acids is 1. The number of aryl methyl sites for hydroxylation is 1. The molecule has 3 rings (SSSR count). The SMILES string of the molecule is COc1cccc(NS(=O)(=O)c2ccc(NC(=O)c3ccc(C)c([N+](=O)[O-])c3)cc2)c1. The standard InChI is InChI=1S/C21H19N3O6S/c1-14-6-7-15(12-20(14)24(26)27)21(25)22-16-8-10-19(11-9-16)31(28,29)23-17-4-3-5-18(13-17)30-2/h3-13,23H,1-2H3,(H,22,25). The van der Waals surface area contributed by atoms with Gasteiger partial charge in [0.2, 0.25) is 0 Å². The fourth-order valence-electron chi connectivity index (χ4n) is 2.77. The third-order valence-electron chi connectivity index (χ3n) is 4.41. The molecule has 0 saturated heterocycles. The second kappa shape index (κ2) is 8.84. The zero-order valence-corrected chi connectivity index (χ0v) is 17.5. The van der Waals surface area contributed by atoms with E-state index in [2.05, 4.69) is 10.0 Å². The van der Waals surface area contributed by atoms with Crippen LogP contribution in [0, 0.1) is 17.0 Å². The predicted molar refractivity (Wildman–Crippen MR) is 116 cm³/mol. The molecule has 10 heteroatoms. The molecule has 0 aliphatic carbocycles. The molecule has 0 bridgehead atoms. The molecule has 1 amide bonds. The normalized spacial score (nSPS) is 10.9. The van der Waals surface area contributed by atoms with Crippen molar-refractivity contribution in [3.63, 3.8) is 0 Å². The van der Waals surface area contributed by atoms with Gasteiger partial charge in [-0.05, 0) is 49.4 Å². The number of hydrogen-bond donors (Lipinski definition) is 2. The van der Waals surface area contributed by atoms with Gasteiger partial charge in [-0.15, -0.1) is 0 Å². The third kappa shape index (κ3) is 5.17. The van der Waals surface area contributed by atoms with Crippen molar-refractivity contribution < 1.29 is 22.9 Å². The van der Waals surface area contributed by atoms with E-state index in [-0.39, 0.29) is 16.1 Å². The number of ether oxygens (including phenoxy) is 1. The summed E-state index contributed by atoms with van der Waals surface area (Å²) in [6.07, 6.45) is 0. The number of amides is 1. The van der Waals surface area contributed by atoms with Gasteiger partial charge < -0.3 is 10.1 Å². The largest absolute Gasteiger partial charge is 0.497 e.